The molecule has 3 aromatic heterocycles. The maximum Gasteiger partial charge on any atom is 0.417 e. The molecule has 4 aromatic rings. The molecule has 0 unspecified atom stereocenters. The fraction of sp³-hybridized carbons (Fsp3) is 0.292. The molecule has 35 heavy (non-hydrogen) atoms. The van der Waals surface area contributed by atoms with Gasteiger partial charge in [0, 0.05) is 55.2 Å². The van der Waals surface area contributed by atoms with E-state index in [1.54, 1.807) is 12.0 Å². The van der Waals surface area contributed by atoms with E-state index >= 15 is 0 Å². The van der Waals surface area contributed by atoms with E-state index in [-0.39, 0.29) is 12.3 Å². The molecule has 4 heterocycles. The van der Waals surface area contributed by atoms with Crippen molar-refractivity contribution in [3.05, 3.63) is 65.4 Å². The number of anilines is 1. The molecule has 0 radical (unpaired) electrons. The summed E-state index contributed by atoms with van der Waals surface area (Å²) in [7, 11) is 1.62. The number of amides is 1. The average molecular weight is 502 g/mol. The van der Waals surface area contributed by atoms with Crippen LogP contribution in [0.25, 0.3) is 16.2 Å². The van der Waals surface area contributed by atoms with Gasteiger partial charge >= 0.3 is 6.18 Å². The van der Waals surface area contributed by atoms with Crippen LogP contribution < -0.4 is 9.64 Å². The lowest BCUT2D eigenvalue weighted by molar-refractivity contribution is -0.137. The monoisotopic (exact) mass is 501 g/mol. The Bertz CT molecular complexity index is 1320. The normalized spacial score (nSPS) is 14.5. The minimum Gasteiger partial charge on any atom is -0.497 e. The van der Waals surface area contributed by atoms with Gasteiger partial charge in [0.1, 0.15) is 11.6 Å². The first-order valence-electron chi connectivity index (χ1n) is 11.0. The number of ether oxygens (including phenoxy) is 1. The van der Waals surface area contributed by atoms with Crippen molar-refractivity contribution in [1.82, 2.24) is 19.3 Å². The van der Waals surface area contributed by atoms with Gasteiger partial charge in [0.15, 0.2) is 4.96 Å². The second kappa shape index (κ2) is 9.21. The zero-order chi connectivity index (χ0) is 24.6. The Morgan fingerprint density at radius 3 is 2.46 bits per heavy atom. The standard InChI is InChI=1S/C24H22F3N5O2S/c1-34-19-5-2-16(3-6-19)20-14-32-18(15-35-23(32)29-20)12-22(33)31-10-8-30(9-11-31)21-7-4-17(13-28-21)24(25,26)27/h2-7,13-15H,8-12H2,1H3. The molecule has 1 aliphatic rings. The van der Waals surface area contributed by atoms with E-state index < -0.39 is 11.7 Å². The first kappa shape index (κ1) is 23.2. The highest BCUT2D eigenvalue weighted by molar-refractivity contribution is 7.15. The minimum atomic E-state index is -4.41. The largest absolute Gasteiger partial charge is 0.497 e. The number of methoxy groups -OCH3 is 1. The van der Waals surface area contributed by atoms with Gasteiger partial charge in [0.25, 0.3) is 0 Å². The number of rotatable bonds is 5. The van der Waals surface area contributed by atoms with E-state index in [0.717, 1.165) is 39.9 Å². The summed E-state index contributed by atoms with van der Waals surface area (Å²) in [6, 6.07) is 10.1. The maximum atomic E-state index is 13.0. The number of fused-ring (bicyclic) bond motifs is 1. The van der Waals surface area contributed by atoms with Crippen molar-refractivity contribution in [3.8, 4) is 17.0 Å². The summed E-state index contributed by atoms with van der Waals surface area (Å²) in [5, 5.41) is 1.94. The van der Waals surface area contributed by atoms with Crippen LogP contribution >= 0.6 is 11.3 Å². The van der Waals surface area contributed by atoms with Crippen LogP contribution in [0.2, 0.25) is 0 Å². The molecule has 7 nitrogen and oxygen atoms in total. The molecule has 1 saturated heterocycles. The summed E-state index contributed by atoms with van der Waals surface area (Å²) in [4.78, 5) is 26.1. The van der Waals surface area contributed by atoms with Crippen molar-refractivity contribution in [2.45, 2.75) is 12.6 Å². The molecule has 0 aliphatic carbocycles. The Morgan fingerprint density at radius 2 is 1.83 bits per heavy atom. The molecule has 1 fully saturated rings. The van der Waals surface area contributed by atoms with E-state index in [9.17, 15) is 18.0 Å². The number of carbonyl (C=O) groups is 1. The maximum absolute atomic E-state index is 13.0. The predicted octanol–water partition coefficient (Wildman–Crippen LogP) is 4.38. The third-order valence-electron chi connectivity index (χ3n) is 6.03. The van der Waals surface area contributed by atoms with Gasteiger partial charge in [-0.25, -0.2) is 9.97 Å². The third-order valence-corrected chi connectivity index (χ3v) is 6.92. The first-order valence-corrected chi connectivity index (χ1v) is 11.9. The number of hydrogen-bond donors (Lipinski definition) is 0. The third kappa shape index (κ3) is 4.81. The van der Waals surface area contributed by atoms with Crippen molar-refractivity contribution in [3.63, 3.8) is 0 Å². The topological polar surface area (TPSA) is 63.0 Å². The lowest BCUT2D eigenvalue weighted by Gasteiger charge is -2.35. The number of hydrogen-bond acceptors (Lipinski definition) is 6. The fourth-order valence-electron chi connectivity index (χ4n) is 4.05. The number of piperazine rings is 1. The van der Waals surface area contributed by atoms with Gasteiger partial charge in [0.05, 0.1) is 24.8 Å². The number of benzene rings is 1. The molecule has 0 saturated carbocycles. The number of carbonyl (C=O) groups excluding carboxylic acids is 1. The zero-order valence-corrected chi connectivity index (χ0v) is 19.6. The van der Waals surface area contributed by atoms with E-state index in [2.05, 4.69) is 9.97 Å². The molecular weight excluding hydrogens is 479 g/mol. The second-order valence-electron chi connectivity index (χ2n) is 8.18. The number of halogens is 3. The number of aromatic nitrogens is 3. The van der Waals surface area contributed by atoms with Gasteiger partial charge in [0.2, 0.25) is 5.91 Å². The van der Waals surface area contributed by atoms with E-state index in [4.69, 9.17) is 4.74 Å². The van der Waals surface area contributed by atoms with Crippen LogP contribution in [0.3, 0.4) is 0 Å². The summed E-state index contributed by atoms with van der Waals surface area (Å²) < 4.78 is 45.4. The molecule has 11 heteroatoms. The van der Waals surface area contributed by atoms with Crippen molar-refractivity contribution < 1.29 is 22.7 Å². The van der Waals surface area contributed by atoms with Crippen LogP contribution in [0.15, 0.2) is 54.2 Å². The van der Waals surface area contributed by atoms with Crippen LogP contribution in [0.4, 0.5) is 19.0 Å². The fourth-order valence-corrected chi connectivity index (χ4v) is 4.92. The van der Waals surface area contributed by atoms with Gasteiger partial charge in [-0.3, -0.25) is 9.20 Å². The van der Waals surface area contributed by atoms with E-state index in [1.165, 1.54) is 17.4 Å². The van der Waals surface area contributed by atoms with Gasteiger partial charge < -0.3 is 14.5 Å². The van der Waals surface area contributed by atoms with E-state index in [1.807, 2.05) is 45.1 Å². The van der Waals surface area contributed by atoms with E-state index in [0.29, 0.717) is 32.0 Å². The average Bonchev–Trinajstić information content (AvgIpc) is 3.46. The van der Waals surface area contributed by atoms with Gasteiger partial charge in [-0.1, -0.05) is 0 Å². The zero-order valence-electron chi connectivity index (χ0n) is 18.8. The SMILES string of the molecule is COc1ccc(-c2cn3c(CC(=O)N4CCN(c5ccc(C(F)(F)F)cn5)CC4)csc3n2)cc1. The van der Waals surface area contributed by atoms with Crippen molar-refractivity contribution >= 4 is 28.0 Å². The molecule has 0 atom stereocenters. The number of thiazole rings is 1. The highest BCUT2D eigenvalue weighted by Crippen LogP contribution is 2.30. The van der Waals surface area contributed by atoms with Crippen molar-refractivity contribution in [2.24, 2.45) is 0 Å². The Balaban J connectivity index is 1.22. The molecular formula is C24H22F3N5O2S. The Labute approximate surface area is 203 Å². The molecule has 0 bridgehead atoms. The Hall–Kier alpha value is -3.60. The highest BCUT2D eigenvalue weighted by atomic mass is 32.1. The van der Waals surface area contributed by atoms with Crippen LogP contribution in [0, 0.1) is 0 Å². The van der Waals surface area contributed by atoms with Gasteiger partial charge in [-0.05, 0) is 36.4 Å². The number of nitrogens with zero attached hydrogens (tertiary/aromatic N) is 5. The van der Waals surface area contributed by atoms with Crippen molar-refractivity contribution in [2.75, 3.05) is 38.2 Å². The first-order chi connectivity index (χ1) is 16.8. The number of pyridine rings is 1. The smallest absolute Gasteiger partial charge is 0.417 e. The summed E-state index contributed by atoms with van der Waals surface area (Å²) in [6.07, 6.45) is -1.38. The Kier molecular flexibility index (Phi) is 6.10. The molecule has 1 amide bonds. The molecule has 5 rings (SSSR count). The second-order valence-corrected chi connectivity index (χ2v) is 9.02. The van der Waals surface area contributed by atoms with Crippen LogP contribution in [0.1, 0.15) is 11.3 Å². The van der Waals surface area contributed by atoms with Crippen LogP contribution in [-0.2, 0) is 17.4 Å². The summed E-state index contributed by atoms with van der Waals surface area (Å²) in [5.41, 5.74) is 1.89. The van der Waals surface area contributed by atoms with Gasteiger partial charge in [-0.2, -0.15) is 13.2 Å². The predicted molar refractivity (Wildman–Crippen MR) is 127 cm³/mol. The Morgan fingerprint density at radius 1 is 1.09 bits per heavy atom. The molecule has 182 valence electrons. The summed E-state index contributed by atoms with van der Waals surface area (Å²) in [6.45, 7) is 1.98. The number of alkyl halides is 3. The highest BCUT2D eigenvalue weighted by Gasteiger charge is 2.31. The summed E-state index contributed by atoms with van der Waals surface area (Å²) in [5.74, 6) is 1.26. The lowest BCUT2D eigenvalue weighted by Crippen LogP contribution is -2.49. The molecule has 0 spiro atoms. The van der Waals surface area contributed by atoms with Gasteiger partial charge in [-0.15, -0.1) is 11.3 Å². The quantitative estimate of drug-likeness (QED) is 0.406. The molecule has 1 aromatic carbocycles. The van der Waals surface area contributed by atoms with Crippen LogP contribution in [0.5, 0.6) is 5.75 Å². The number of imidazole rings is 1. The lowest BCUT2D eigenvalue weighted by atomic mass is 10.1. The van der Waals surface area contributed by atoms with Crippen molar-refractivity contribution in [1.29, 1.82) is 0 Å². The molecule has 1 aliphatic heterocycles. The molecule has 0 N–H and O–H groups in total. The summed E-state index contributed by atoms with van der Waals surface area (Å²) >= 11 is 1.49. The minimum absolute atomic E-state index is 0.00410. The van der Waals surface area contributed by atoms with Crippen LogP contribution in [-0.4, -0.2) is 58.5 Å².